The summed E-state index contributed by atoms with van der Waals surface area (Å²) in [6.45, 7) is 0. The molecule has 1 heterocycles. The summed E-state index contributed by atoms with van der Waals surface area (Å²) in [4.78, 5) is 13.0. The SMILES string of the molecule is COc1ccc(C=C2CSc3c(F)cccc3C2=O)cc1OC. The second-order valence-corrected chi connectivity index (χ2v) is 6.00. The monoisotopic (exact) mass is 330 g/mol. The Balaban J connectivity index is 1.97. The molecule has 2 aromatic carbocycles. The third kappa shape index (κ3) is 2.97. The fraction of sp³-hybridized carbons (Fsp3) is 0.167. The number of ether oxygens (including phenoxy) is 2. The molecule has 0 bridgehead atoms. The zero-order chi connectivity index (χ0) is 16.4. The van der Waals surface area contributed by atoms with Crippen molar-refractivity contribution < 1.29 is 18.7 Å². The molecule has 0 saturated heterocycles. The molecule has 1 aliphatic rings. The van der Waals surface area contributed by atoms with Crippen LogP contribution in [0.5, 0.6) is 11.5 Å². The maximum absolute atomic E-state index is 13.8. The molecule has 0 saturated carbocycles. The highest BCUT2D eigenvalue weighted by atomic mass is 32.2. The second-order valence-electron chi connectivity index (χ2n) is 5.02. The molecule has 0 radical (unpaired) electrons. The second kappa shape index (κ2) is 6.46. The molecule has 0 N–H and O–H groups in total. The van der Waals surface area contributed by atoms with Crippen molar-refractivity contribution in [2.45, 2.75) is 4.90 Å². The summed E-state index contributed by atoms with van der Waals surface area (Å²) in [6, 6.07) is 10.1. The lowest BCUT2D eigenvalue weighted by atomic mass is 10.0. The van der Waals surface area contributed by atoms with Crippen molar-refractivity contribution in [2.24, 2.45) is 0 Å². The van der Waals surface area contributed by atoms with Crippen molar-refractivity contribution >= 4 is 23.6 Å². The van der Waals surface area contributed by atoms with E-state index >= 15 is 0 Å². The molecule has 0 fully saturated rings. The van der Waals surface area contributed by atoms with Crippen molar-refractivity contribution in [3.8, 4) is 11.5 Å². The van der Waals surface area contributed by atoms with Crippen molar-refractivity contribution in [1.29, 1.82) is 0 Å². The zero-order valence-corrected chi connectivity index (χ0v) is 13.6. The molecule has 0 aliphatic carbocycles. The molecule has 0 aromatic heterocycles. The highest BCUT2D eigenvalue weighted by Gasteiger charge is 2.24. The predicted molar refractivity (Wildman–Crippen MR) is 89.0 cm³/mol. The topological polar surface area (TPSA) is 35.5 Å². The van der Waals surface area contributed by atoms with Gasteiger partial charge in [0.25, 0.3) is 0 Å². The number of thioether (sulfide) groups is 1. The minimum atomic E-state index is -0.342. The molecule has 3 rings (SSSR count). The molecular formula is C18H15FO3S. The fourth-order valence-electron chi connectivity index (χ4n) is 2.47. The number of carbonyl (C=O) groups is 1. The van der Waals surface area contributed by atoms with Gasteiger partial charge < -0.3 is 9.47 Å². The van der Waals surface area contributed by atoms with E-state index in [0.717, 1.165) is 5.56 Å². The fourth-order valence-corrected chi connectivity index (χ4v) is 3.51. The summed E-state index contributed by atoms with van der Waals surface area (Å²) in [5, 5.41) is 0. The normalized spacial score (nSPS) is 15.4. The van der Waals surface area contributed by atoms with Gasteiger partial charge in [-0.3, -0.25) is 4.79 Å². The van der Waals surface area contributed by atoms with Crippen LogP contribution in [0.3, 0.4) is 0 Å². The summed E-state index contributed by atoms with van der Waals surface area (Å²) in [6.07, 6.45) is 1.81. The quantitative estimate of drug-likeness (QED) is 0.790. The van der Waals surface area contributed by atoms with E-state index in [0.29, 0.717) is 33.3 Å². The van der Waals surface area contributed by atoms with Crippen LogP contribution in [0.1, 0.15) is 15.9 Å². The zero-order valence-electron chi connectivity index (χ0n) is 12.8. The molecule has 0 unspecified atom stereocenters. The molecule has 1 aliphatic heterocycles. The number of benzene rings is 2. The van der Waals surface area contributed by atoms with Crippen LogP contribution < -0.4 is 9.47 Å². The van der Waals surface area contributed by atoms with Gasteiger partial charge in [-0.25, -0.2) is 4.39 Å². The third-order valence-corrected chi connectivity index (χ3v) is 4.78. The first-order chi connectivity index (χ1) is 11.1. The Labute approximate surface area is 138 Å². The van der Waals surface area contributed by atoms with Gasteiger partial charge in [0.1, 0.15) is 5.82 Å². The van der Waals surface area contributed by atoms with Gasteiger partial charge in [0.05, 0.1) is 19.1 Å². The van der Waals surface area contributed by atoms with Gasteiger partial charge in [-0.15, -0.1) is 11.8 Å². The number of hydrogen-bond donors (Lipinski definition) is 0. The Morgan fingerprint density at radius 2 is 1.91 bits per heavy atom. The smallest absolute Gasteiger partial charge is 0.191 e. The maximum Gasteiger partial charge on any atom is 0.191 e. The Morgan fingerprint density at radius 3 is 2.65 bits per heavy atom. The van der Waals surface area contributed by atoms with Crippen LogP contribution in [0.2, 0.25) is 0 Å². The average molecular weight is 330 g/mol. The number of rotatable bonds is 3. The molecule has 3 nitrogen and oxygen atoms in total. The molecule has 0 spiro atoms. The summed E-state index contributed by atoms with van der Waals surface area (Å²) in [5.41, 5.74) is 1.90. The van der Waals surface area contributed by atoms with E-state index in [4.69, 9.17) is 9.47 Å². The van der Waals surface area contributed by atoms with Crippen LogP contribution in [0.4, 0.5) is 4.39 Å². The predicted octanol–water partition coefficient (Wildman–Crippen LogP) is 4.21. The highest BCUT2D eigenvalue weighted by Crippen LogP contribution is 2.36. The van der Waals surface area contributed by atoms with Crippen molar-refractivity contribution in [3.05, 3.63) is 58.9 Å². The summed E-state index contributed by atoms with van der Waals surface area (Å²) in [5.74, 6) is 1.20. The van der Waals surface area contributed by atoms with E-state index in [1.807, 2.05) is 18.2 Å². The van der Waals surface area contributed by atoms with E-state index in [-0.39, 0.29) is 11.6 Å². The van der Waals surface area contributed by atoms with Crippen LogP contribution in [0.15, 0.2) is 46.9 Å². The van der Waals surface area contributed by atoms with Gasteiger partial charge in [-0.05, 0) is 35.9 Å². The summed E-state index contributed by atoms with van der Waals surface area (Å²) in [7, 11) is 3.14. The van der Waals surface area contributed by atoms with Gasteiger partial charge in [0.2, 0.25) is 0 Å². The standard InChI is InChI=1S/C18H15FO3S/c1-21-15-7-6-11(9-16(15)22-2)8-12-10-23-18-13(17(12)20)4-3-5-14(18)19/h3-9H,10H2,1-2H3. The number of carbonyl (C=O) groups excluding carboxylic acids is 1. The van der Waals surface area contributed by atoms with Crippen molar-refractivity contribution in [2.75, 3.05) is 20.0 Å². The molecule has 118 valence electrons. The average Bonchev–Trinajstić information content (AvgIpc) is 2.58. The first-order valence-corrected chi connectivity index (χ1v) is 8.01. The Morgan fingerprint density at radius 1 is 1.13 bits per heavy atom. The lowest BCUT2D eigenvalue weighted by Gasteiger charge is -2.17. The van der Waals surface area contributed by atoms with E-state index in [2.05, 4.69) is 0 Å². The molecule has 0 atom stereocenters. The van der Waals surface area contributed by atoms with E-state index in [9.17, 15) is 9.18 Å². The molecular weight excluding hydrogens is 315 g/mol. The first-order valence-electron chi connectivity index (χ1n) is 7.02. The van der Waals surface area contributed by atoms with Gasteiger partial charge in [-0.1, -0.05) is 12.1 Å². The molecule has 5 heteroatoms. The van der Waals surface area contributed by atoms with Crippen LogP contribution in [-0.4, -0.2) is 25.8 Å². The van der Waals surface area contributed by atoms with Crippen LogP contribution >= 0.6 is 11.8 Å². The number of Topliss-reactive ketones (excluding diaryl/α,β-unsaturated/α-hetero) is 1. The number of hydrogen-bond acceptors (Lipinski definition) is 4. The summed E-state index contributed by atoms with van der Waals surface area (Å²) < 4.78 is 24.2. The number of fused-ring (bicyclic) bond motifs is 1. The lowest BCUT2D eigenvalue weighted by molar-refractivity contribution is 0.103. The Hall–Kier alpha value is -2.27. The highest BCUT2D eigenvalue weighted by molar-refractivity contribution is 7.99. The van der Waals surface area contributed by atoms with Crippen molar-refractivity contribution in [3.63, 3.8) is 0 Å². The lowest BCUT2D eigenvalue weighted by Crippen LogP contribution is -2.13. The van der Waals surface area contributed by atoms with Crippen molar-refractivity contribution in [1.82, 2.24) is 0 Å². The molecule has 0 amide bonds. The number of ketones is 1. The Bertz CT molecular complexity index is 799. The third-order valence-electron chi connectivity index (χ3n) is 3.62. The molecule has 23 heavy (non-hydrogen) atoms. The van der Waals surface area contributed by atoms with E-state index in [1.165, 1.54) is 17.8 Å². The maximum atomic E-state index is 13.8. The van der Waals surface area contributed by atoms with Gasteiger partial charge >= 0.3 is 0 Å². The number of halogens is 1. The van der Waals surface area contributed by atoms with Crippen LogP contribution in [-0.2, 0) is 0 Å². The number of methoxy groups -OCH3 is 2. The largest absolute Gasteiger partial charge is 0.493 e. The minimum Gasteiger partial charge on any atom is -0.493 e. The van der Waals surface area contributed by atoms with Gasteiger partial charge in [-0.2, -0.15) is 0 Å². The molecule has 2 aromatic rings. The van der Waals surface area contributed by atoms with Crippen LogP contribution in [0.25, 0.3) is 6.08 Å². The Kier molecular flexibility index (Phi) is 4.39. The van der Waals surface area contributed by atoms with E-state index in [1.54, 1.807) is 32.4 Å². The summed E-state index contributed by atoms with van der Waals surface area (Å²) >= 11 is 1.34. The van der Waals surface area contributed by atoms with Crippen LogP contribution in [0, 0.1) is 5.82 Å². The first kappa shape index (κ1) is 15.6. The van der Waals surface area contributed by atoms with E-state index < -0.39 is 0 Å². The van der Waals surface area contributed by atoms with Gasteiger partial charge in [0, 0.05) is 16.9 Å². The minimum absolute atomic E-state index is 0.131. The van der Waals surface area contributed by atoms with Gasteiger partial charge in [0.15, 0.2) is 17.3 Å².